The van der Waals surface area contributed by atoms with E-state index in [-0.39, 0.29) is 0 Å². The molecule has 17 heavy (non-hydrogen) atoms. The monoisotopic (exact) mass is 311 g/mol. The summed E-state index contributed by atoms with van der Waals surface area (Å²) in [5, 5.41) is 2.23. The average molecular weight is 312 g/mol. The van der Waals surface area contributed by atoms with Gasteiger partial charge in [0.1, 0.15) is 0 Å². The van der Waals surface area contributed by atoms with Crippen LogP contribution in [-0.4, -0.2) is 18.9 Å². The van der Waals surface area contributed by atoms with Crippen molar-refractivity contribution in [3.63, 3.8) is 0 Å². The number of amides is 1. The van der Waals surface area contributed by atoms with E-state index in [1.165, 1.54) is 0 Å². The molecule has 0 saturated carbocycles. The van der Waals surface area contributed by atoms with Crippen molar-refractivity contribution in [2.45, 2.75) is 13.1 Å². The minimum Gasteiger partial charge on any atom is -0.440 e. The minimum absolute atomic E-state index is 0.395. The molecule has 0 bridgehead atoms. The maximum absolute atomic E-state index is 11.8. The zero-order valence-electron chi connectivity index (χ0n) is 8.77. The number of hydrogen-bond donors (Lipinski definition) is 1. The van der Waals surface area contributed by atoms with Crippen LogP contribution in [0.1, 0.15) is 5.56 Å². The quantitative estimate of drug-likeness (QED) is 0.900. The maximum Gasteiger partial charge on any atom is 0.422 e. The van der Waals surface area contributed by atoms with Gasteiger partial charge in [-0.15, -0.1) is 0 Å². The first-order valence-corrected chi connectivity index (χ1v) is 5.34. The average Bonchev–Trinajstić information content (AvgIpc) is 2.21. The third kappa shape index (κ3) is 4.64. The van der Waals surface area contributed by atoms with Gasteiger partial charge in [0.15, 0.2) is 6.61 Å². The van der Waals surface area contributed by atoms with E-state index >= 15 is 0 Å². The number of carbonyl (C=O) groups excluding carboxylic acids is 1. The van der Waals surface area contributed by atoms with E-state index in [1.807, 2.05) is 0 Å². The van der Waals surface area contributed by atoms with E-state index in [9.17, 15) is 18.0 Å². The third-order valence-corrected chi connectivity index (χ3v) is 2.73. The normalized spacial score (nSPS) is 11.1. The molecule has 0 aliphatic rings. The van der Waals surface area contributed by atoms with Crippen LogP contribution in [0, 0.1) is 6.92 Å². The van der Waals surface area contributed by atoms with Crippen LogP contribution in [0.25, 0.3) is 0 Å². The summed E-state index contributed by atoms with van der Waals surface area (Å²) in [6.45, 7) is 0.106. The molecule has 7 heteroatoms. The topological polar surface area (TPSA) is 38.3 Å². The van der Waals surface area contributed by atoms with Gasteiger partial charge in [0.25, 0.3) is 0 Å². The number of rotatable bonds is 2. The molecule has 1 aromatic carbocycles. The fourth-order valence-electron chi connectivity index (χ4n) is 1.04. The smallest absolute Gasteiger partial charge is 0.422 e. The number of nitrogens with one attached hydrogen (secondary N) is 1. The Morgan fingerprint density at radius 3 is 2.71 bits per heavy atom. The highest BCUT2D eigenvalue weighted by Crippen LogP contribution is 2.23. The summed E-state index contributed by atoms with van der Waals surface area (Å²) in [7, 11) is 0. The van der Waals surface area contributed by atoms with Crippen molar-refractivity contribution in [1.29, 1.82) is 0 Å². The van der Waals surface area contributed by atoms with Gasteiger partial charge < -0.3 is 4.74 Å². The van der Waals surface area contributed by atoms with Crippen LogP contribution in [0.15, 0.2) is 22.7 Å². The lowest BCUT2D eigenvalue weighted by molar-refractivity contribution is -0.159. The summed E-state index contributed by atoms with van der Waals surface area (Å²) in [4.78, 5) is 11.1. The molecule has 0 heterocycles. The molecule has 0 aromatic heterocycles. The Balaban J connectivity index is 2.60. The van der Waals surface area contributed by atoms with Gasteiger partial charge in [-0.2, -0.15) is 13.2 Å². The summed E-state index contributed by atoms with van der Waals surface area (Å²) >= 11 is 3.23. The Morgan fingerprint density at radius 1 is 1.47 bits per heavy atom. The molecule has 94 valence electrons. The predicted molar refractivity (Wildman–Crippen MR) is 59.9 cm³/mol. The van der Waals surface area contributed by atoms with Crippen molar-refractivity contribution in [2.24, 2.45) is 0 Å². The molecule has 0 aliphatic carbocycles. The molecule has 0 unspecified atom stereocenters. The van der Waals surface area contributed by atoms with E-state index in [4.69, 9.17) is 0 Å². The van der Waals surface area contributed by atoms with Gasteiger partial charge in [0, 0.05) is 10.2 Å². The highest BCUT2D eigenvalue weighted by atomic mass is 79.9. The van der Waals surface area contributed by atoms with E-state index in [0.717, 1.165) is 4.47 Å². The Kier molecular flexibility index (Phi) is 4.39. The summed E-state index contributed by atoms with van der Waals surface area (Å²) in [6.07, 6.45) is -5.66. The summed E-state index contributed by atoms with van der Waals surface area (Å²) in [5.74, 6) is 0. The standard InChI is InChI=1S/C10H9BrF3NO2/c1-6-7(11)3-2-4-8(6)15-9(16)17-5-10(12,13)14/h2-4H,5H2,1H3,(H,15,16). The molecule has 3 nitrogen and oxygen atoms in total. The molecule has 1 aromatic rings. The van der Waals surface area contributed by atoms with Crippen molar-refractivity contribution >= 4 is 27.7 Å². The largest absolute Gasteiger partial charge is 0.440 e. The van der Waals surface area contributed by atoms with Gasteiger partial charge in [-0.1, -0.05) is 22.0 Å². The summed E-state index contributed by atoms with van der Waals surface area (Å²) < 4.78 is 40.1. The Morgan fingerprint density at radius 2 is 2.12 bits per heavy atom. The molecule has 0 radical (unpaired) electrons. The van der Waals surface area contributed by atoms with Crippen LogP contribution in [0.4, 0.5) is 23.7 Å². The summed E-state index contributed by atoms with van der Waals surface area (Å²) in [5.41, 5.74) is 1.10. The molecule has 0 spiro atoms. The first kappa shape index (κ1) is 13.8. The van der Waals surface area contributed by atoms with Crippen molar-refractivity contribution in [3.8, 4) is 0 Å². The molecule has 1 N–H and O–H groups in total. The van der Waals surface area contributed by atoms with E-state index in [1.54, 1.807) is 25.1 Å². The molecule has 0 atom stereocenters. The van der Waals surface area contributed by atoms with Crippen molar-refractivity contribution in [1.82, 2.24) is 0 Å². The Bertz CT molecular complexity index is 421. The lowest BCUT2D eigenvalue weighted by atomic mass is 10.2. The van der Waals surface area contributed by atoms with E-state index < -0.39 is 18.9 Å². The highest BCUT2D eigenvalue weighted by Gasteiger charge is 2.29. The molecule has 0 fully saturated rings. The second-order valence-electron chi connectivity index (χ2n) is 3.23. The number of carbonyl (C=O) groups is 1. The SMILES string of the molecule is Cc1c(Br)cccc1NC(=O)OCC(F)(F)F. The number of hydrogen-bond acceptors (Lipinski definition) is 2. The van der Waals surface area contributed by atoms with Crippen molar-refractivity contribution < 1.29 is 22.7 Å². The lowest BCUT2D eigenvalue weighted by Crippen LogP contribution is -2.23. The molecular formula is C10H9BrF3NO2. The number of anilines is 1. The molecule has 0 aliphatic heterocycles. The lowest BCUT2D eigenvalue weighted by Gasteiger charge is -2.11. The zero-order chi connectivity index (χ0) is 13.1. The maximum atomic E-state index is 11.8. The zero-order valence-corrected chi connectivity index (χ0v) is 10.4. The van der Waals surface area contributed by atoms with Gasteiger partial charge in [-0.25, -0.2) is 4.79 Å². The second-order valence-corrected chi connectivity index (χ2v) is 4.08. The van der Waals surface area contributed by atoms with Crippen LogP contribution in [0.5, 0.6) is 0 Å². The summed E-state index contributed by atoms with van der Waals surface area (Å²) in [6, 6.07) is 4.97. The van der Waals surface area contributed by atoms with Gasteiger partial charge in [-0.05, 0) is 24.6 Å². The van der Waals surface area contributed by atoms with Crippen LogP contribution < -0.4 is 5.32 Å². The van der Waals surface area contributed by atoms with Gasteiger partial charge in [0.05, 0.1) is 0 Å². The van der Waals surface area contributed by atoms with Crippen molar-refractivity contribution in [3.05, 3.63) is 28.2 Å². The number of benzene rings is 1. The fraction of sp³-hybridized carbons (Fsp3) is 0.300. The van der Waals surface area contributed by atoms with Crippen LogP contribution in [-0.2, 0) is 4.74 Å². The first-order chi connectivity index (χ1) is 7.79. The van der Waals surface area contributed by atoms with Crippen molar-refractivity contribution in [2.75, 3.05) is 11.9 Å². The van der Waals surface area contributed by atoms with Crippen LogP contribution in [0.2, 0.25) is 0 Å². The number of alkyl halides is 3. The van der Waals surface area contributed by atoms with E-state index in [2.05, 4.69) is 26.0 Å². The first-order valence-electron chi connectivity index (χ1n) is 4.55. The van der Waals surface area contributed by atoms with E-state index in [0.29, 0.717) is 11.3 Å². The highest BCUT2D eigenvalue weighted by molar-refractivity contribution is 9.10. The molecular weight excluding hydrogens is 303 g/mol. The fourth-order valence-corrected chi connectivity index (χ4v) is 1.40. The predicted octanol–water partition coefficient (Wildman–Crippen LogP) is 3.87. The number of ether oxygens (including phenoxy) is 1. The Hall–Kier alpha value is -1.24. The van der Waals surface area contributed by atoms with Crippen LogP contribution in [0.3, 0.4) is 0 Å². The second kappa shape index (κ2) is 5.39. The molecule has 1 amide bonds. The third-order valence-electron chi connectivity index (χ3n) is 1.87. The molecule has 1 rings (SSSR count). The van der Waals surface area contributed by atoms with Gasteiger partial charge in [0.2, 0.25) is 0 Å². The Labute approximate surface area is 104 Å². The van der Waals surface area contributed by atoms with Gasteiger partial charge >= 0.3 is 12.3 Å². The minimum atomic E-state index is -4.52. The van der Waals surface area contributed by atoms with Gasteiger partial charge in [-0.3, -0.25) is 5.32 Å². The molecule has 0 saturated heterocycles. The number of halogens is 4. The van der Waals surface area contributed by atoms with Crippen LogP contribution >= 0.6 is 15.9 Å².